The zero-order chi connectivity index (χ0) is 15.0. The Balaban J connectivity index is 2.64. The van der Waals surface area contributed by atoms with Crippen molar-refractivity contribution in [2.24, 2.45) is 0 Å². The van der Waals surface area contributed by atoms with E-state index < -0.39 is 0 Å². The van der Waals surface area contributed by atoms with Crippen molar-refractivity contribution in [3.63, 3.8) is 0 Å². The first-order valence-electron chi connectivity index (χ1n) is 6.61. The lowest BCUT2D eigenvalue weighted by Crippen LogP contribution is -1.97. The first kappa shape index (κ1) is 14.3. The zero-order valence-electron chi connectivity index (χ0n) is 12.4. The molecule has 0 bridgehead atoms. The third-order valence-electron chi connectivity index (χ3n) is 3.41. The van der Waals surface area contributed by atoms with Gasteiger partial charge < -0.3 is 8.83 Å². The standard InChI is InChI=1S/C16H18O4/c1-6-12-15(9(3)18)11(5)20-16(12)14-7-13(8(2)17)10(4)19-14/h7H,6H2,1-5H3. The summed E-state index contributed by atoms with van der Waals surface area (Å²) in [5.74, 6) is 2.12. The minimum Gasteiger partial charge on any atom is -0.457 e. The van der Waals surface area contributed by atoms with Gasteiger partial charge in [-0.1, -0.05) is 6.92 Å². The molecule has 0 fully saturated rings. The van der Waals surface area contributed by atoms with Gasteiger partial charge in [0.2, 0.25) is 0 Å². The van der Waals surface area contributed by atoms with Crippen molar-refractivity contribution in [1.29, 1.82) is 0 Å². The van der Waals surface area contributed by atoms with Crippen molar-refractivity contribution in [3.05, 3.63) is 34.3 Å². The Morgan fingerprint density at radius 1 is 1.05 bits per heavy atom. The summed E-state index contributed by atoms with van der Waals surface area (Å²) < 4.78 is 11.3. The van der Waals surface area contributed by atoms with Gasteiger partial charge in [0.1, 0.15) is 11.5 Å². The van der Waals surface area contributed by atoms with Crippen LogP contribution in [0.4, 0.5) is 0 Å². The SMILES string of the molecule is CCc1c(-c2cc(C(C)=O)c(C)o2)oc(C)c1C(C)=O. The molecule has 0 aliphatic carbocycles. The molecule has 2 aromatic rings. The number of carbonyl (C=O) groups is 2. The molecule has 0 spiro atoms. The molecule has 4 nitrogen and oxygen atoms in total. The normalized spacial score (nSPS) is 10.8. The fourth-order valence-corrected chi connectivity index (χ4v) is 2.53. The molecule has 0 saturated heterocycles. The Kier molecular flexibility index (Phi) is 3.66. The van der Waals surface area contributed by atoms with Crippen molar-refractivity contribution in [3.8, 4) is 11.5 Å². The molecule has 4 heteroatoms. The minimum absolute atomic E-state index is 0.0237. The van der Waals surface area contributed by atoms with Crippen LogP contribution >= 0.6 is 0 Å². The van der Waals surface area contributed by atoms with E-state index in [0.29, 0.717) is 40.6 Å². The molecule has 0 unspecified atom stereocenters. The van der Waals surface area contributed by atoms with Gasteiger partial charge in [0.15, 0.2) is 23.1 Å². The second kappa shape index (κ2) is 5.12. The summed E-state index contributed by atoms with van der Waals surface area (Å²) >= 11 is 0. The number of aryl methyl sites for hydroxylation is 2. The Labute approximate surface area is 117 Å². The molecule has 20 heavy (non-hydrogen) atoms. The molecule has 106 valence electrons. The molecule has 2 rings (SSSR count). The zero-order valence-corrected chi connectivity index (χ0v) is 12.4. The van der Waals surface area contributed by atoms with Crippen LogP contribution in [0.15, 0.2) is 14.9 Å². The summed E-state index contributed by atoms with van der Waals surface area (Å²) in [6.45, 7) is 8.49. The van der Waals surface area contributed by atoms with Gasteiger partial charge in [0, 0.05) is 5.56 Å². The monoisotopic (exact) mass is 274 g/mol. The maximum absolute atomic E-state index is 11.7. The third kappa shape index (κ3) is 2.22. The molecule has 0 N–H and O–H groups in total. The number of rotatable bonds is 4. The van der Waals surface area contributed by atoms with Crippen LogP contribution in [0.3, 0.4) is 0 Å². The second-order valence-corrected chi connectivity index (χ2v) is 4.89. The van der Waals surface area contributed by atoms with Crippen molar-refractivity contribution in [2.75, 3.05) is 0 Å². The molecule has 0 aliphatic rings. The average Bonchev–Trinajstić information content (AvgIpc) is 2.89. The number of hydrogen-bond acceptors (Lipinski definition) is 4. The van der Waals surface area contributed by atoms with E-state index in [-0.39, 0.29) is 11.6 Å². The highest BCUT2D eigenvalue weighted by molar-refractivity contribution is 5.99. The second-order valence-electron chi connectivity index (χ2n) is 4.89. The van der Waals surface area contributed by atoms with E-state index in [4.69, 9.17) is 8.83 Å². The quantitative estimate of drug-likeness (QED) is 0.787. The van der Waals surface area contributed by atoms with Crippen LogP contribution in [0, 0.1) is 13.8 Å². The predicted molar refractivity (Wildman–Crippen MR) is 75.3 cm³/mol. The fourth-order valence-electron chi connectivity index (χ4n) is 2.53. The van der Waals surface area contributed by atoms with Crippen molar-refractivity contribution >= 4 is 11.6 Å². The molecule has 0 aromatic carbocycles. The highest BCUT2D eigenvalue weighted by Gasteiger charge is 2.24. The lowest BCUT2D eigenvalue weighted by Gasteiger charge is -1.98. The largest absolute Gasteiger partial charge is 0.457 e. The van der Waals surface area contributed by atoms with Gasteiger partial charge in [-0.3, -0.25) is 9.59 Å². The third-order valence-corrected chi connectivity index (χ3v) is 3.41. The molecule has 0 aliphatic heterocycles. The Bertz CT molecular complexity index is 686. The first-order valence-corrected chi connectivity index (χ1v) is 6.61. The molecule has 0 atom stereocenters. The van der Waals surface area contributed by atoms with Gasteiger partial charge in [-0.05, 0) is 40.2 Å². The van der Waals surface area contributed by atoms with E-state index in [2.05, 4.69) is 0 Å². The number of hydrogen-bond donors (Lipinski definition) is 0. The molecular formula is C16H18O4. The van der Waals surface area contributed by atoms with Crippen molar-refractivity contribution in [1.82, 2.24) is 0 Å². The Morgan fingerprint density at radius 3 is 2.15 bits per heavy atom. The highest BCUT2D eigenvalue weighted by atomic mass is 16.4. The molecule has 2 heterocycles. The van der Waals surface area contributed by atoms with Gasteiger partial charge in [-0.15, -0.1) is 0 Å². The Morgan fingerprint density at radius 2 is 1.70 bits per heavy atom. The minimum atomic E-state index is -0.0504. The topological polar surface area (TPSA) is 60.4 Å². The lowest BCUT2D eigenvalue weighted by atomic mass is 10.0. The summed E-state index contributed by atoms with van der Waals surface area (Å²) in [5, 5.41) is 0. The summed E-state index contributed by atoms with van der Waals surface area (Å²) in [6, 6.07) is 1.68. The maximum atomic E-state index is 11.7. The number of carbonyl (C=O) groups excluding carboxylic acids is 2. The molecule has 0 radical (unpaired) electrons. The van der Waals surface area contributed by atoms with Crippen LogP contribution in [0.25, 0.3) is 11.5 Å². The average molecular weight is 274 g/mol. The van der Waals surface area contributed by atoms with E-state index in [0.717, 1.165) is 5.56 Å². The lowest BCUT2D eigenvalue weighted by molar-refractivity contribution is 0.100. The maximum Gasteiger partial charge on any atom is 0.173 e. The smallest absolute Gasteiger partial charge is 0.173 e. The van der Waals surface area contributed by atoms with Crippen LogP contribution in [-0.4, -0.2) is 11.6 Å². The van der Waals surface area contributed by atoms with E-state index in [1.165, 1.54) is 13.8 Å². The highest BCUT2D eigenvalue weighted by Crippen LogP contribution is 2.34. The van der Waals surface area contributed by atoms with Crippen LogP contribution < -0.4 is 0 Å². The number of Topliss-reactive ketones (excluding diaryl/α,β-unsaturated/α-hetero) is 2. The van der Waals surface area contributed by atoms with Crippen LogP contribution in [0.5, 0.6) is 0 Å². The summed E-state index contributed by atoms with van der Waals surface area (Å²) in [5.41, 5.74) is 1.99. The van der Waals surface area contributed by atoms with Gasteiger partial charge in [0.05, 0.1) is 11.1 Å². The molecule has 0 amide bonds. The van der Waals surface area contributed by atoms with E-state index in [1.807, 2.05) is 6.92 Å². The first-order chi connectivity index (χ1) is 9.36. The van der Waals surface area contributed by atoms with E-state index in [9.17, 15) is 9.59 Å². The summed E-state index contributed by atoms with van der Waals surface area (Å²) in [7, 11) is 0. The van der Waals surface area contributed by atoms with Crippen LogP contribution in [-0.2, 0) is 6.42 Å². The van der Waals surface area contributed by atoms with Gasteiger partial charge in [-0.2, -0.15) is 0 Å². The summed E-state index contributed by atoms with van der Waals surface area (Å²) in [6.07, 6.45) is 0.663. The molecule has 2 aromatic heterocycles. The van der Waals surface area contributed by atoms with E-state index in [1.54, 1.807) is 19.9 Å². The van der Waals surface area contributed by atoms with Crippen LogP contribution in [0.1, 0.15) is 58.6 Å². The van der Waals surface area contributed by atoms with Crippen molar-refractivity contribution in [2.45, 2.75) is 41.0 Å². The van der Waals surface area contributed by atoms with Gasteiger partial charge >= 0.3 is 0 Å². The van der Waals surface area contributed by atoms with Gasteiger partial charge in [-0.25, -0.2) is 0 Å². The van der Waals surface area contributed by atoms with Crippen LogP contribution in [0.2, 0.25) is 0 Å². The fraction of sp³-hybridized carbons (Fsp3) is 0.375. The summed E-state index contributed by atoms with van der Waals surface area (Å²) in [4.78, 5) is 23.2. The molecular weight excluding hydrogens is 256 g/mol. The van der Waals surface area contributed by atoms with Gasteiger partial charge in [0.25, 0.3) is 0 Å². The Hall–Kier alpha value is -2.10. The van der Waals surface area contributed by atoms with E-state index >= 15 is 0 Å². The van der Waals surface area contributed by atoms with Crippen molar-refractivity contribution < 1.29 is 18.4 Å². The number of ketones is 2. The molecule has 0 saturated carbocycles. The predicted octanol–water partition coefficient (Wildman–Crippen LogP) is 4.12. The number of furan rings is 2.